The van der Waals surface area contributed by atoms with Crippen molar-refractivity contribution in [2.45, 2.75) is 58.7 Å². The summed E-state index contributed by atoms with van der Waals surface area (Å²) in [5, 5.41) is 11.2. The lowest BCUT2D eigenvalue weighted by Crippen LogP contribution is -2.39. The van der Waals surface area contributed by atoms with Crippen LogP contribution in [-0.4, -0.2) is 33.5 Å². The van der Waals surface area contributed by atoms with E-state index in [1.807, 2.05) is 54.7 Å². The molecule has 0 unspecified atom stereocenters. The summed E-state index contributed by atoms with van der Waals surface area (Å²) < 4.78 is 5.96. The molecule has 2 aromatic carbocycles. The Morgan fingerprint density at radius 3 is 2.72 bits per heavy atom. The lowest BCUT2D eigenvalue weighted by atomic mass is 9.65. The molecule has 0 radical (unpaired) electrons. The summed E-state index contributed by atoms with van der Waals surface area (Å²) in [6, 6.07) is 15.6. The standard InChI is InChI=1S/C27H32N2O3/c1-26(2)12-19-13-27(3,16-26)17-29(19)24(25(30)31)22-14-28-23-11-20(9-10-21(22)23)32-15-18-7-5-4-6-8-18/h4-11,14,19,24,28H,12-13,15-17H2,1-3H3,(H,30,31)/t19-,24+,27-/m0/s1. The van der Waals surface area contributed by atoms with Crippen molar-refractivity contribution in [2.24, 2.45) is 10.8 Å². The molecule has 2 heterocycles. The van der Waals surface area contributed by atoms with E-state index in [0.29, 0.717) is 12.6 Å². The third-order valence-electron chi connectivity index (χ3n) is 7.25. The Kier molecular flexibility index (Phi) is 5.05. The van der Waals surface area contributed by atoms with Gasteiger partial charge in [0.2, 0.25) is 0 Å². The van der Waals surface area contributed by atoms with Crippen molar-refractivity contribution in [2.75, 3.05) is 6.54 Å². The zero-order chi connectivity index (χ0) is 22.5. The second-order valence-electron chi connectivity index (χ2n) is 10.9. The minimum Gasteiger partial charge on any atom is -0.489 e. The number of nitrogens with zero attached hydrogens (tertiary/aromatic N) is 1. The molecule has 1 saturated heterocycles. The average molecular weight is 433 g/mol. The van der Waals surface area contributed by atoms with Crippen LogP contribution in [0.4, 0.5) is 0 Å². The zero-order valence-electron chi connectivity index (χ0n) is 19.1. The number of fused-ring (bicyclic) bond motifs is 3. The first-order valence-electron chi connectivity index (χ1n) is 11.5. The second-order valence-corrected chi connectivity index (χ2v) is 10.9. The van der Waals surface area contributed by atoms with E-state index >= 15 is 0 Å². The van der Waals surface area contributed by atoms with Crippen LogP contribution in [0.1, 0.15) is 57.2 Å². The van der Waals surface area contributed by atoms with Gasteiger partial charge in [0.15, 0.2) is 0 Å². The van der Waals surface area contributed by atoms with Crippen LogP contribution in [0.25, 0.3) is 10.9 Å². The van der Waals surface area contributed by atoms with Crippen molar-refractivity contribution in [1.29, 1.82) is 0 Å². The van der Waals surface area contributed by atoms with Crippen molar-refractivity contribution < 1.29 is 14.6 Å². The topological polar surface area (TPSA) is 65.6 Å². The van der Waals surface area contributed by atoms with Gasteiger partial charge in [-0.2, -0.15) is 0 Å². The second kappa shape index (κ2) is 7.66. The molecule has 3 atom stereocenters. The third kappa shape index (κ3) is 3.90. The van der Waals surface area contributed by atoms with Gasteiger partial charge < -0.3 is 14.8 Å². The maximum Gasteiger partial charge on any atom is 0.325 e. The highest BCUT2D eigenvalue weighted by Gasteiger charge is 2.52. The fraction of sp³-hybridized carbons (Fsp3) is 0.444. The number of hydrogen-bond acceptors (Lipinski definition) is 3. The molecule has 5 rings (SSSR count). The minimum atomic E-state index is -0.774. The number of rotatable bonds is 6. The number of aromatic nitrogens is 1. The van der Waals surface area contributed by atoms with Gasteiger partial charge in [-0.05, 0) is 47.8 Å². The number of carbonyl (C=O) groups is 1. The maximum atomic E-state index is 12.5. The molecule has 1 aliphatic heterocycles. The Morgan fingerprint density at radius 1 is 1.19 bits per heavy atom. The first-order chi connectivity index (χ1) is 15.2. The number of likely N-dealkylation sites (tertiary alicyclic amines) is 1. The number of H-pyrrole nitrogens is 1. The van der Waals surface area contributed by atoms with Crippen LogP contribution >= 0.6 is 0 Å². The molecule has 168 valence electrons. The monoisotopic (exact) mass is 432 g/mol. The summed E-state index contributed by atoms with van der Waals surface area (Å²) in [6.45, 7) is 8.30. The van der Waals surface area contributed by atoms with Crippen molar-refractivity contribution in [3.8, 4) is 5.75 Å². The van der Waals surface area contributed by atoms with E-state index in [1.54, 1.807) is 0 Å². The molecule has 32 heavy (non-hydrogen) atoms. The molecule has 1 aliphatic carbocycles. The van der Waals surface area contributed by atoms with Crippen LogP contribution in [0.2, 0.25) is 0 Å². The average Bonchev–Trinajstić information content (AvgIpc) is 3.24. The summed E-state index contributed by atoms with van der Waals surface area (Å²) in [6.07, 6.45) is 5.15. The van der Waals surface area contributed by atoms with Gasteiger partial charge in [0.05, 0.1) is 0 Å². The first kappa shape index (κ1) is 21.1. The normalized spacial score (nSPS) is 25.7. The molecule has 5 nitrogen and oxygen atoms in total. The van der Waals surface area contributed by atoms with E-state index in [4.69, 9.17) is 4.74 Å². The molecule has 2 bridgehead atoms. The summed E-state index contributed by atoms with van der Waals surface area (Å²) in [5.41, 5.74) is 3.30. The number of carboxylic acid groups (broad SMARTS) is 1. The summed E-state index contributed by atoms with van der Waals surface area (Å²) in [5.74, 6) is -0.00261. The molecular weight excluding hydrogens is 400 g/mol. The van der Waals surface area contributed by atoms with E-state index in [9.17, 15) is 9.90 Å². The predicted molar refractivity (Wildman–Crippen MR) is 126 cm³/mol. The van der Waals surface area contributed by atoms with Crippen LogP contribution in [0.5, 0.6) is 5.75 Å². The highest BCUT2D eigenvalue weighted by molar-refractivity contribution is 5.90. The number of carboxylic acids is 1. The quantitative estimate of drug-likeness (QED) is 0.519. The fourth-order valence-electron chi connectivity index (χ4n) is 6.44. The summed E-state index contributed by atoms with van der Waals surface area (Å²) in [4.78, 5) is 18.1. The van der Waals surface area contributed by atoms with Crippen LogP contribution in [0.15, 0.2) is 54.7 Å². The molecule has 3 aromatic rings. The predicted octanol–water partition coefficient (Wildman–Crippen LogP) is 5.77. The summed E-state index contributed by atoms with van der Waals surface area (Å²) in [7, 11) is 0. The largest absolute Gasteiger partial charge is 0.489 e. The van der Waals surface area contributed by atoms with Gasteiger partial charge in [-0.3, -0.25) is 9.69 Å². The Hall–Kier alpha value is -2.79. The van der Waals surface area contributed by atoms with Gasteiger partial charge in [0.25, 0.3) is 0 Å². The Bertz CT molecular complexity index is 1140. The van der Waals surface area contributed by atoms with E-state index < -0.39 is 12.0 Å². The molecule has 5 heteroatoms. The van der Waals surface area contributed by atoms with Crippen molar-refractivity contribution in [3.63, 3.8) is 0 Å². The Balaban J connectivity index is 1.42. The molecule has 1 saturated carbocycles. The summed E-state index contributed by atoms with van der Waals surface area (Å²) >= 11 is 0. The molecule has 2 fully saturated rings. The van der Waals surface area contributed by atoms with Gasteiger partial charge in [0, 0.05) is 41.3 Å². The number of benzene rings is 2. The maximum absolute atomic E-state index is 12.5. The molecule has 1 aromatic heterocycles. The molecule has 2 N–H and O–H groups in total. The van der Waals surface area contributed by atoms with Crippen LogP contribution < -0.4 is 4.74 Å². The van der Waals surface area contributed by atoms with E-state index in [1.165, 1.54) is 0 Å². The van der Waals surface area contributed by atoms with Crippen LogP contribution in [-0.2, 0) is 11.4 Å². The minimum absolute atomic E-state index is 0.185. The third-order valence-corrected chi connectivity index (χ3v) is 7.25. The van der Waals surface area contributed by atoms with Gasteiger partial charge in [-0.15, -0.1) is 0 Å². The van der Waals surface area contributed by atoms with Gasteiger partial charge in [-0.1, -0.05) is 51.1 Å². The number of nitrogens with one attached hydrogen (secondary N) is 1. The van der Waals surface area contributed by atoms with E-state index in [0.717, 1.165) is 53.6 Å². The lowest BCUT2D eigenvalue weighted by Gasteiger charge is -2.40. The molecular formula is C27H32N2O3. The van der Waals surface area contributed by atoms with Crippen LogP contribution in [0.3, 0.4) is 0 Å². The molecule has 0 amide bonds. The van der Waals surface area contributed by atoms with E-state index in [2.05, 4.69) is 30.7 Å². The van der Waals surface area contributed by atoms with Crippen molar-refractivity contribution in [3.05, 3.63) is 65.9 Å². The number of aliphatic carboxylic acids is 1. The first-order valence-corrected chi connectivity index (χ1v) is 11.5. The van der Waals surface area contributed by atoms with Crippen LogP contribution in [0, 0.1) is 10.8 Å². The Labute approximate surface area is 189 Å². The number of hydrogen-bond donors (Lipinski definition) is 2. The highest BCUT2D eigenvalue weighted by Crippen LogP contribution is 2.54. The lowest BCUT2D eigenvalue weighted by molar-refractivity contribution is -0.144. The fourth-order valence-corrected chi connectivity index (χ4v) is 6.44. The van der Waals surface area contributed by atoms with Gasteiger partial charge in [-0.25, -0.2) is 0 Å². The zero-order valence-corrected chi connectivity index (χ0v) is 19.1. The Morgan fingerprint density at radius 2 is 1.97 bits per heavy atom. The smallest absolute Gasteiger partial charge is 0.325 e. The number of aromatic amines is 1. The van der Waals surface area contributed by atoms with Crippen molar-refractivity contribution in [1.82, 2.24) is 9.88 Å². The van der Waals surface area contributed by atoms with Gasteiger partial charge >= 0.3 is 5.97 Å². The highest BCUT2D eigenvalue weighted by atomic mass is 16.5. The molecule has 0 spiro atoms. The van der Waals surface area contributed by atoms with Gasteiger partial charge in [0.1, 0.15) is 18.4 Å². The SMILES string of the molecule is CC1(C)C[C@H]2C[C@](C)(CN2[C@@H](C(=O)O)c2c[nH]c3cc(OCc4ccccc4)ccc23)C1. The molecule has 2 aliphatic rings. The van der Waals surface area contributed by atoms with E-state index in [-0.39, 0.29) is 10.8 Å². The van der Waals surface area contributed by atoms with Crippen molar-refractivity contribution >= 4 is 16.9 Å². The number of ether oxygens (including phenoxy) is 1.